The van der Waals surface area contributed by atoms with E-state index >= 15 is 0 Å². The van der Waals surface area contributed by atoms with Gasteiger partial charge in [0.2, 0.25) is 0 Å². The van der Waals surface area contributed by atoms with Gasteiger partial charge >= 0.3 is 5.69 Å². The van der Waals surface area contributed by atoms with E-state index in [4.69, 9.17) is 25.8 Å². The van der Waals surface area contributed by atoms with Crippen molar-refractivity contribution in [2.24, 2.45) is 0 Å². The number of hydrogen-bond donors (Lipinski definition) is 1. The number of benzene rings is 2. The first-order valence-electron chi connectivity index (χ1n) is 8.19. The number of carbonyl (C=O) groups excluding carboxylic acids is 1. The molecule has 1 amide bonds. The van der Waals surface area contributed by atoms with E-state index in [1.807, 2.05) is 19.1 Å². The van der Waals surface area contributed by atoms with Crippen molar-refractivity contribution in [3.05, 3.63) is 57.1 Å². The number of nitrogens with one attached hydrogen (secondary N) is 1. The Morgan fingerprint density at radius 1 is 1.26 bits per heavy atom. The zero-order valence-corrected chi connectivity index (χ0v) is 15.2. The van der Waals surface area contributed by atoms with Crippen molar-refractivity contribution in [2.75, 3.05) is 19.8 Å². The third kappa shape index (κ3) is 4.59. The summed E-state index contributed by atoms with van der Waals surface area (Å²) in [6.45, 7) is 2.43. The lowest BCUT2D eigenvalue weighted by atomic mass is 10.1. The summed E-state index contributed by atoms with van der Waals surface area (Å²) >= 11 is 5.75. The van der Waals surface area contributed by atoms with Crippen molar-refractivity contribution in [3.8, 4) is 17.2 Å². The Bertz CT molecular complexity index is 873. The van der Waals surface area contributed by atoms with Gasteiger partial charge in [-0.3, -0.25) is 14.9 Å². The summed E-state index contributed by atoms with van der Waals surface area (Å²) < 4.78 is 16.3. The van der Waals surface area contributed by atoms with Gasteiger partial charge in [-0.05, 0) is 36.8 Å². The third-order valence-electron chi connectivity index (χ3n) is 3.92. The summed E-state index contributed by atoms with van der Waals surface area (Å²) in [6, 6.07) is 9.12. The van der Waals surface area contributed by atoms with E-state index in [0.717, 1.165) is 5.56 Å². The first-order chi connectivity index (χ1) is 12.9. The molecule has 1 heterocycles. The summed E-state index contributed by atoms with van der Waals surface area (Å²) in [7, 11) is 0. The van der Waals surface area contributed by atoms with Crippen molar-refractivity contribution in [1.82, 2.24) is 5.32 Å². The molecular formula is C18H17ClN2O6. The second-order valence-corrected chi connectivity index (χ2v) is 6.29. The largest absolute Gasteiger partial charge is 0.486 e. The highest BCUT2D eigenvalue weighted by Gasteiger charge is 2.19. The molecule has 2 aromatic rings. The van der Waals surface area contributed by atoms with Gasteiger partial charge in [0, 0.05) is 11.1 Å². The molecule has 0 radical (unpaired) electrons. The minimum atomic E-state index is -0.614. The van der Waals surface area contributed by atoms with Crippen LogP contribution in [0.25, 0.3) is 0 Å². The van der Waals surface area contributed by atoms with E-state index in [0.29, 0.717) is 24.7 Å². The number of carbonyl (C=O) groups is 1. The molecule has 0 fully saturated rings. The van der Waals surface area contributed by atoms with Crippen LogP contribution >= 0.6 is 11.6 Å². The van der Waals surface area contributed by atoms with Gasteiger partial charge in [-0.2, -0.15) is 0 Å². The summed E-state index contributed by atoms with van der Waals surface area (Å²) in [5.41, 5.74) is 0.542. The number of nitro benzene ring substituents is 1. The van der Waals surface area contributed by atoms with Gasteiger partial charge in [-0.15, -0.1) is 0 Å². The minimum absolute atomic E-state index is 0.0217. The number of nitrogens with zero attached hydrogens (tertiary/aromatic N) is 1. The zero-order chi connectivity index (χ0) is 19.4. The third-order valence-corrected chi connectivity index (χ3v) is 4.16. The number of rotatable bonds is 6. The van der Waals surface area contributed by atoms with Crippen LogP contribution in [0.3, 0.4) is 0 Å². The van der Waals surface area contributed by atoms with E-state index in [-0.39, 0.29) is 29.1 Å². The monoisotopic (exact) mass is 392 g/mol. The van der Waals surface area contributed by atoms with Crippen LogP contribution in [0, 0.1) is 10.1 Å². The molecule has 0 aromatic heterocycles. The fraction of sp³-hybridized carbons (Fsp3) is 0.278. The second-order valence-electron chi connectivity index (χ2n) is 5.85. The Balaban J connectivity index is 1.60. The molecule has 142 valence electrons. The second kappa shape index (κ2) is 8.13. The summed E-state index contributed by atoms with van der Waals surface area (Å²) in [4.78, 5) is 22.6. The van der Waals surface area contributed by atoms with Gasteiger partial charge in [-0.25, -0.2) is 0 Å². The Kier molecular flexibility index (Phi) is 5.66. The maximum Gasteiger partial charge on any atom is 0.312 e. The van der Waals surface area contributed by atoms with Crippen molar-refractivity contribution in [2.45, 2.75) is 13.0 Å². The predicted molar refractivity (Wildman–Crippen MR) is 97.6 cm³/mol. The van der Waals surface area contributed by atoms with Crippen LogP contribution in [0.5, 0.6) is 17.2 Å². The van der Waals surface area contributed by atoms with Crippen LogP contribution in [0.15, 0.2) is 36.4 Å². The summed E-state index contributed by atoms with van der Waals surface area (Å²) in [5.74, 6) is 0.864. The topological polar surface area (TPSA) is 99.9 Å². The van der Waals surface area contributed by atoms with Crippen LogP contribution in [0.4, 0.5) is 5.69 Å². The molecule has 9 heteroatoms. The SMILES string of the molecule is C[C@H](NC(=O)COc1ccc(Cl)cc1[N+](=O)[O-])c1ccc2c(c1)OCCO2. The molecule has 1 atom stereocenters. The van der Waals surface area contributed by atoms with Crippen LogP contribution in [-0.4, -0.2) is 30.7 Å². The molecule has 27 heavy (non-hydrogen) atoms. The molecule has 1 aliphatic heterocycles. The normalized spacial score (nSPS) is 13.6. The number of halogens is 1. The van der Waals surface area contributed by atoms with E-state index in [9.17, 15) is 14.9 Å². The molecule has 0 unspecified atom stereocenters. The van der Waals surface area contributed by atoms with Gasteiger partial charge in [0.25, 0.3) is 5.91 Å². The molecule has 8 nitrogen and oxygen atoms in total. The molecule has 0 bridgehead atoms. The van der Waals surface area contributed by atoms with Crippen LogP contribution in [0.1, 0.15) is 18.5 Å². The molecule has 0 spiro atoms. The number of hydrogen-bond acceptors (Lipinski definition) is 6. The molecule has 2 aromatic carbocycles. The zero-order valence-electron chi connectivity index (χ0n) is 14.4. The lowest BCUT2D eigenvalue weighted by molar-refractivity contribution is -0.385. The van der Waals surface area contributed by atoms with Crippen LogP contribution in [0.2, 0.25) is 5.02 Å². The van der Waals surface area contributed by atoms with Gasteiger partial charge in [0.1, 0.15) is 13.2 Å². The number of amides is 1. The highest BCUT2D eigenvalue weighted by molar-refractivity contribution is 6.30. The maximum atomic E-state index is 12.1. The molecule has 1 N–H and O–H groups in total. The molecule has 0 saturated carbocycles. The fourth-order valence-electron chi connectivity index (χ4n) is 2.59. The van der Waals surface area contributed by atoms with E-state index in [1.165, 1.54) is 18.2 Å². The van der Waals surface area contributed by atoms with Crippen molar-refractivity contribution < 1.29 is 23.9 Å². The van der Waals surface area contributed by atoms with Gasteiger partial charge in [0.05, 0.1) is 11.0 Å². The molecule has 1 aliphatic rings. The average molecular weight is 393 g/mol. The minimum Gasteiger partial charge on any atom is -0.486 e. The van der Waals surface area contributed by atoms with Gasteiger partial charge in [0.15, 0.2) is 23.9 Å². The van der Waals surface area contributed by atoms with Crippen LogP contribution < -0.4 is 19.5 Å². The molecular weight excluding hydrogens is 376 g/mol. The molecule has 3 rings (SSSR count). The lowest BCUT2D eigenvalue weighted by Gasteiger charge is -2.21. The quantitative estimate of drug-likeness (QED) is 0.598. The Morgan fingerprint density at radius 2 is 2.00 bits per heavy atom. The number of ether oxygens (including phenoxy) is 3. The summed E-state index contributed by atoms with van der Waals surface area (Å²) in [5, 5.41) is 14.0. The fourth-order valence-corrected chi connectivity index (χ4v) is 2.76. The van der Waals surface area contributed by atoms with Gasteiger partial charge < -0.3 is 19.5 Å². The number of nitro groups is 1. The maximum absolute atomic E-state index is 12.1. The Morgan fingerprint density at radius 3 is 2.74 bits per heavy atom. The highest BCUT2D eigenvalue weighted by atomic mass is 35.5. The first kappa shape index (κ1) is 18.8. The standard InChI is InChI=1S/C18H17ClN2O6/c1-11(12-2-4-16-17(8-12)26-7-6-25-16)20-18(22)10-27-15-5-3-13(19)9-14(15)21(23)24/h2-5,8-9,11H,6-7,10H2,1H3,(H,20,22)/t11-/m0/s1. The van der Waals surface area contributed by atoms with Crippen molar-refractivity contribution in [1.29, 1.82) is 0 Å². The van der Waals surface area contributed by atoms with E-state index in [1.54, 1.807) is 6.07 Å². The average Bonchev–Trinajstić information content (AvgIpc) is 2.66. The van der Waals surface area contributed by atoms with Crippen molar-refractivity contribution >= 4 is 23.2 Å². The Labute approximate surface area is 160 Å². The molecule has 0 aliphatic carbocycles. The first-order valence-corrected chi connectivity index (χ1v) is 8.57. The smallest absolute Gasteiger partial charge is 0.312 e. The number of fused-ring (bicyclic) bond motifs is 1. The lowest BCUT2D eigenvalue weighted by Crippen LogP contribution is -2.31. The van der Waals surface area contributed by atoms with Gasteiger partial charge in [-0.1, -0.05) is 17.7 Å². The van der Waals surface area contributed by atoms with E-state index in [2.05, 4.69) is 5.32 Å². The molecule has 0 saturated heterocycles. The predicted octanol–water partition coefficient (Wildman–Crippen LogP) is 3.28. The van der Waals surface area contributed by atoms with Crippen LogP contribution in [-0.2, 0) is 4.79 Å². The highest BCUT2D eigenvalue weighted by Crippen LogP contribution is 2.33. The van der Waals surface area contributed by atoms with Crippen molar-refractivity contribution in [3.63, 3.8) is 0 Å². The Hall–Kier alpha value is -3.00. The summed E-state index contributed by atoms with van der Waals surface area (Å²) in [6.07, 6.45) is 0. The van der Waals surface area contributed by atoms with E-state index < -0.39 is 10.8 Å².